The maximum absolute atomic E-state index is 12.8. The Morgan fingerprint density at radius 3 is 2.70 bits per heavy atom. The minimum Gasteiger partial charge on any atom is -0.335 e. The Labute approximate surface area is 139 Å². The van der Waals surface area contributed by atoms with Crippen LogP contribution in [0.1, 0.15) is 48.9 Å². The molecule has 3 rings (SSSR count). The highest BCUT2D eigenvalue weighted by Gasteiger charge is 2.36. The quantitative estimate of drug-likeness (QED) is 0.653. The highest BCUT2D eigenvalue weighted by atomic mass is 127. The molecular formula is C16H19ClINO. The number of nitrogens with zero attached hydrogens (tertiary/aromatic N) is 1. The summed E-state index contributed by atoms with van der Waals surface area (Å²) in [5, 5.41) is 0.644. The van der Waals surface area contributed by atoms with Crippen molar-refractivity contribution in [2.24, 2.45) is 5.92 Å². The second-order valence-corrected chi connectivity index (χ2v) is 7.48. The van der Waals surface area contributed by atoms with E-state index in [4.69, 9.17) is 11.6 Å². The number of hydrogen-bond acceptors (Lipinski definition) is 1. The molecule has 1 heterocycles. The van der Waals surface area contributed by atoms with E-state index in [1.54, 1.807) is 0 Å². The maximum atomic E-state index is 12.8. The largest absolute Gasteiger partial charge is 0.335 e. The molecule has 2 aliphatic rings. The van der Waals surface area contributed by atoms with Gasteiger partial charge in [-0.2, -0.15) is 0 Å². The van der Waals surface area contributed by atoms with E-state index >= 15 is 0 Å². The molecule has 1 saturated carbocycles. The summed E-state index contributed by atoms with van der Waals surface area (Å²) in [4.78, 5) is 15.0. The molecule has 0 N–H and O–H groups in total. The number of rotatable bonds is 2. The Bertz CT molecular complexity index is 513. The van der Waals surface area contributed by atoms with E-state index in [1.807, 2.05) is 18.2 Å². The van der Waals surface area contributed by atoms with Gasteiger partial charge in [0.05, 0.1) is 5.56 Å². The summed E-state index contributed by atoms with van der Waals surface area (Å²) in [6.45, 7) is 0.905. The first kappa shape index (κ1) is 14.6. The molecule has 1 amide bonds. The third-order valence-corrected chi connectivity index (χ3v) is 5.84. The lowest BCUT2D eigenvalue weighted by Gasteiger charge is -2.29. The van der Waals surface area contributed by atoms with Crippen LogP contribution in [0.15, 0.2) is 18.2 Å². The van der Waals surface area contributed by atoms with Gasteiger partial charge in [-0.05, 0) is 72.4 Å². The van der Waals surface area contributed by atoms with Crippen molar-refractivity contribution in [2.75, 3.05) is 6.54 Å². The van der Waals surface area contributed by atoms with Gasteiger partial charge in [-0.25, -0.2) is 0 Å². The van der Waals surface area contributed by atoms with Gasteiger partial charge in [-0.15, -0.1) is 0 Å². The fraction of sp³-hybridized carbons (Fsp3) is 0.562. The molecule has 108 valence electrons. The number of likely N-dealkylation sites (tertiary alicyclic amines) is 1. The average molecular weight is 404 g/mol. The van der Waals surface area contributed by atoms with Crippen LogP contribution in [0.3, 0.4) is 0 Å². The minimum atomic E-state index is 0.173. The Morgan fingerprint density at radius 1 is 1.20 bits per heavy atom. The molecule has 1 aliphatic carbocycles. The zero-order valence-electron chi connectivity index (χ0n) is 11.4. The van der Waals surface area contributed by atoms with E-state index in [0.717, 1.165) is 28.0 Å². The lowest BCUT2D eigenvalue weighted by molar-refractivity contribution is 0.0688. The summed E-state index contributed by atoms with van der Waals surface area (Å²) in [5.74, 6) is 0.893. The van der Waals surface area contributed by atoms with E-state index < -0.39 is 0 Å². The van der Waals surface area contributed by atoms with Crippen LogP contribution in [0.5, 0.6) is 0 Å². The van der Waals surface area contributed by atoms with E-state index in [1.165, 1.54) is 32.1 Å². The summed E-state index contributed by atoms with van der Waals surface area (Å²) in [6.07, 6.45) is 7.57. The van der Waals surface area contributed by atoms with E-state index in [9.17, 15) is 4.79 Å². The van der Waals surface area contributed by atoms with Gasteiger partial charge in [0.1, 0.15) is 0 Å². The first-order chi connectivity index (χ1) is 9.66. The first-order valence-corrected chi connectivity index (χ1v) is 8.88. The second kappa shape index (κ2) is 6.22. The van der Waals surface area contributed by atoms with Crippen molar-refractivity contribution in [3.05, 3.63) is 32.4 Å². The highest BCUT2D eigenvalue weighted by molar-refractivity contribution is 14.1. The van der Waals surface area contributed by atoms with Crippen LogP contribution in [0.25, 0.3) is 0 Å². The first-order valence-electron chi connectivity index (χ1n) is 7.43. The lowest BCUT2D eigenvalue weighted by atomic mass is 9.95. The van der Waals surface area contributed by atoms with Gasteiger partial charge < -0.3 is 4.90 Å². The molecule has 0 aromatic heterocycles. The highest BCUT2D eigenvalue weighted by Crippen LogP contribution is 2.36. The van der Waals surface area contributed by atoms with E-state index in [0.29, 0.717) is 11.1 Å². The van der Waals surface area contributed by atoms with Crippen molar-refractivity contribution >= 4 is 40.1 Å². The molecule has 1 saturated heterocycles. The van der Waals surface area contributed by atoms with Gasteiger partial charge >= 0.3 is 0 Å². The summed E-state index contributed by atoms with van der Waals surface area (Å²) in [5.41, 5.74) is 0.767. The molecule has 0 spiro atoms. The van der Waals surface area contributed by atoms with Gasteiger partial charge in [-0.1, -0.05) is 24.4 Å². The predicted molar refractivity (Wildman–Crippen MR) is 90.2 cm³/mol. The average Bonchev–Trinajstić information content (AvgIpc) is 3.10. The molecule has 1 aliphatic heterocycles. The third kappa shape index (κ3) is 2.84. The molecule has 2 fully saturated rings. The zero-order chi connectivity index (χ0) is 14.1. The van der Waals surface area contributed by atoms with Gasteiger partial charge in [-0.3, -0.25) is 4.79 Å². The van der Waals surface area contributed by atoms with Crippen LogP contribution < -0.4 is 0 Å². The molecule has 1 aromatic rings. The Morgan fingerprint density at radius 2 is 1.95 bits per heavy atom. The summed E-state index contributed by atoms with van der Waals surface area (Å²) in [7, 11) is 0. The zero-order valence-corrected chi connectivity index (χ0v) is 14.4. The van der Waals surface area contributed by atoms with Crippen molar-refractivity contribution < 1.29 is 4.79 Å². The monoisotopic (exact) mass is 403 g/mol. The molecule has 0 radical (unpaired) electrons. The van der Waals surface area contributed by atoms with Crippen LogP contribution in [-0.4, -0.2) is 23.4 Å². The number of amides is 1. The van der Waals surface area contributed by atoms with Gasteiger partial charge in [0.15, 0.2) is 0 Å². The second-order valence-electron chi connectivity index (χ2n) is 5.88. The molecule has 4 heteroatoms. The molecule has 1 atom stereocenters. The van der Waals surface area contributed by atoms with E-state index in [2.05, 4.69) is 27.5 Å². The summed E-state index contributed by atoms with van der Waals surface area (Å²) < 4.78 is 0.995. The Balaban J connectivity index is 1.83. The molecule has 1 unspecified atom stereocenters. The van der Waals surface area contributed by atoms with E-state index in [-0.39, 0.29) is 5.91 Å². The molecular weight excluding hydrogens is 385 g/mol. The number of hydrogen-bond donors (Lipinski definition) is 0. The topological polar surface area (TPSA) is 20.3 Å². The Kier molecular flexibility index (Phi) is 4.55. The van der Waals surface area contributed by atoms with Crippen molar-refractivity contribution in [3.63, 3.8) is 0 Å². The van der Waals surface area contributed by atoms with Crippen LogP contribution in [0, 0.1) is 9.49 Å². The van der Waals surface area contributed by atoms with Crippen LogP contribution in [0.4, 0.5) is 0 Å². The fourth-order valence-electron chi connectivity index (χ4n) is 3.69. The smallest absolute Gasteiger partial charge is 0.255 e. The predicted octanol–water partition coefficient (Wildman–Crippen LogP) is 4.74. The number of benzene rings is 1. The van der Waals surface area contributed by atoms with Gasteiger partial charge in [0.2, 0.25) is 0 Å². The molecule has 0 bridgehead atoms. The molecule has 1 aromatic carbocycles. The Hall–Kier alpha value is -0.290. The SMILES string of the molecule is O=C(c1cc(Cl)ccc1I)N1CCCC1C1CCCC1. The van der Waals surface area contributed by atoms with Crippen molar-refractivity contribution in [1.82, 2.24) is 4.90 Å². The third-order valence-electron chi connectivity index (χ3n) is 4.66. The van der Waals surface area contributed by atoms with Gasteiger partial charge in [0, 0.05) is 21.2 Å². The van der Waals surface area contributed by atoms with Crippen LogP contribution in [0.2, 0.25) is 5.02 Å². The normalized spacial score (nSPS) is 23.5. The van der Waals surface area contributed by atoms with Gasteiger partial charge in [0.25, 0.3) is 5.91 Å². The fourth-order valence-corrected chi connectivity index (χ4v) is 4.43. The standard InChI is InChI=1S/C16H19ClINO/c17-12-7-8-14(18)13(10-12)16(20)19-9-3-6-15(19)11-4-1-2-5-11/h7-8,10-11,15H,1-6,9H2. The van der Waals surface area contributed by atoms with Crippen molar-refractivity contribution in [2.45, 2.75) is 44.6 Å². The number of halogens is 2. The lowest BCUT2D eigenvalue weighted by Crippen LogP contribution is -2.39. The van der Waals surface area contributed by atoms with Crippen molar-refractivity contribution in [3.8, 4) is 0 Å². The van der Waals surface area contributed by atoms with Crippen molar-refractivity contribution in [1.29, 1.82) is 0 Å². The van der Waals surface area contributed by atoms with Crippen LogP contribution in [-0.2, 0) is 0 Å². The number of carbonyl (C=O) groups excluding carboxylic acids is 1. The molecule has 2 nitrogen and oxygen atoms in total. The summed E-state index contributed by atoms with van der Waals surface area (Å²) >= 11 is 8.28. The molecule has 20 heavy (non-hydrogen) atoms. The maximum Gasteiger partial charge on any atom is 0.255 e. The summed E-state index contributed by atoms with van der Waals surface area (Å²) in [6, 6.07) is 6.05. The number of carbonyl (C=O) groups is 1. The minimum absolute atomic E-state index is 0.173. The van der Waals surface area contributed by atoms with Crippen LogP contribution >= 0.6 is 34.2 Å².